The van der Waals surface area contributed by atoms with Crippen molar-refractivity contribution in [2.24, 2.45) is 0 Å². The fourth-order valence-electron chi connectivity index (χ4n) is 2.57. The fraction of sp³-hybridized carbons (Fsp3) is 0.579. The van der Waals surface area contributed by atoms with Gasteiger partial charge in [0, 0.05) is 5.56 Å². The Hall–Kier alpha value is -2.04. The minimum atomic E-state index is -1.26. The monoisotopic (exact) mass is 336 g/mol. The lowest BCUT2D eigenvalue weighted by molar-refractivity contribution is -0.144. The first-order valence-electron chi connectivity index (χ1n) is 8.30. The van der Waals surface area contributed by atoms with Gasteiger partial charge in [0.25, 0.3) is 0 Å². The van der Waals surface area contributed by atoms with Crippen LogP contribution in [0.3, 0.4) is 0 Å². The van der Waals surface area contributed by atoms with Crippen LogP contribution in [-0.2, 0) is 20.4 Å². The van der Waals surface area contributed by atoms with E-state index in [4.69, 9.17) is 4.74 Å². The van der Waals surface area contributed by atoms with E-state index in [1.165, 1.54) is 0 Å². The van der Waals surface area contributed by atoms with Gasteiger partial charge in [0.2, 0.25) is 0 Å². The van der Waals surface area contributed by atoms with Crippen LogP contribution in [-0.4, -0.2) is 28.8 Å². The Bertz CT molecular complexity index is 602. The summed E-state index contributed by atoms with van der Waals surface area (Å²) in [6.07, 6.45) is 2.96. The lowest BCUT2D eigenvalue weighted by Gasteiger charge is -2.31. The SMILES string of the molecule is CCCCCOc1cccc(C(C)(C)C(=O)O)c1C(C)(C)C(=O)O. The van der Waals surface area contributed by atoms with Crippen LogP contribution in [0.25, 0.3) is 0 Å². The molecule has 24 heavy (non-hydrogen) atoms. The van der Waals surface area contributed by atoms with E-state index in [0.29, 0.717) is 23.5 Å². The number of hydrogen-bond donors (Lipinski definition) is 2. The van der Waals surface area contributed by atoms with Crippen molar-refractivity contribution in [2.75, 3.05) is 6.61 Å². The van der Waals surface area contributed by atoms with E-state index in [0.717, 1.165) is 19.3 Å². The number of carboxylic acids is 2. The number of carboxylic acid groups (broad SMARTS) is 2. The average Bonchev–Trinajstić information content (AvgIpc) is 2.50. The Morgan fingerprint density at radius 2 is 1.58 bits per heavy atom. The van der Waals surface area contributed by atoms with E-state index in [2.05, 4.69) is 6.92 Å². The molecular formula is C19H28O5. The molecule has 0 aliphatic carbocycles. The Morgan fingerprint density at radius 1 is 1.00 bits per heavy atom. The summed E-state index contributed by atoms with van der Waals surface area (Å²) in [7, 11) is 0. The standard InChI is InChI=1S/C19H28O5/c1-6-7-8-12-24-14-11-9-10-13(18(2,3)16(20)21)15(14)19(4,5)17(22)23/h9-11H,6-8,12H2,1-5H3,(H,20,21)(H,22,23). The van der Waals surface area contributed by atoms with Gasteiger partial charge in [-0.2, -0.15) is 0 Å². The minimum absolute atomic E-state index is 0.432. The molecule has 1 aromatic rings. The topological polar surface area (TPSA) is 83.8 Å². The van der Waals surface area contributed by atoms with E-state index in [1.807, 2.05) is 0 Å². The quantitative estimate of drug-likeness (QED) is 0.666. The summed E-state index contributed by atoms with van der Waals surface area (Å²) in [5, 5.41) is 19.2. The zero-order valence-corrected chi connectivity index (χ0v) is 15.2. The molecule has 0 aliphatic heterocycles. The number of carbonyl (C=O) groups is 2. The number of aliphatic carboxylic acids is 2. The summed E-state index contributed by atoms with van der Waals surface area (Å²) in [6.45, 7) is 8.87. The van der Waals surface area contributed by atoms with E-state index in [1.54, 1.807) is 45.9 Å². The first kappa shape index (κ1) is 20.0. The number of benzene rings is 1. The summed E-state index contributed by atoms with van der Waals surface area (Å²) < 4.78 is 5.84. The predicted octanol–water partition coefficient (Wildman–Crippen LogP) is 3.98. The van der Waals surface area contributed by atoms with Gasteiger partial charge in [-0.1, -0.05) is 31.9 Å². The van der Waals surface area contributed by atoms with E-state index in [-0.39, 0.29) is 0 Å². The van der Waals surface area contributed by atoms with Crippen molar-refractivity contribution in [1.82, 2.24) is 0 Å². The zero-order valence-electron chi connectivity index (χ0n) is 15.2. The fourth-order valence-corrected chi connectivity index (χ4v) is 2.57. The molecule has 1 aromatic carbocycles. The Morgan fingerprint density at radius 3 is 2.08 bits per heavy atom. The third-order valence-corrected chi connectivity index (χ3v) is 4.40. The summed E-state index contributed by atoms with van der Waals surface area (Å²) in [5.41, 5.74) is -1.58. The summed E-state index contributed by atoms with van der Waals surface area (Å²) in [6, 6.07) is 5.11. The molecule has 0 heterocycles. The lowest BCUT2D eigenvalue weighted by Crippen LogP contribution is -2.36. The number of hydrogen-bond acceptors (Lipinski definition) is 3. The molecule has 0 aromatic heterocycles. The molecule has 0 aliphatic rings. The summed E-state index contributed by atoms with van der Waals surface area (Å²) in [5.74, 6) is -1.58. The van der Waals surface area contributed by atoms with Crippen LogP contribution in [0.1, 0.15) is 65.0 Å². The third-order valence-electron chi connectivity index (χ3n) is 4.40. The van der Waals surface area contributed by atoms with Gasteiger partial charge in [0.1, 0.15) is 5.75 Å². The van der Waals surface area contributed by atoms with E-state index < -0.39 is 22.8 Å². The maximum absolute atomic E-state index is 11.8. The van der Waals surface area contributed by atoms with Crippen LogP contribution in [0.2, 0.25) is 0 Å². The molecule has 0 amide bonds. The van der Waals surface area contributed by atoms with Gasteiger partial charge in [0.05, 0.1) is 17.4 Å². The van der Waals surface area contributed by atoms with E-state index in [9.17, 15) is 19.8 Å². The van der Waals surface area contributed by atoms with Gasteiger partial charge in [-0.05, 0) is 45.7 Å². The maximum atomic E-state index is 11.8. The van der Waals surface area contributed by atoms with Crippen LogP contribution < -0.4 is 4.74 Å². The molecule has 0 unspecified atom stereocenters. The predicted molar refractivity (Wildman–Crippen MR) is 92.8 cm³/mol. The highest BCUT2D eigenvalue weighted by atomic mass is 16.5. The van der Waals surface area contributed by atoms with Crippen molar-refractivity contribution < 1.29 is 24.5 Å². The first-order valence-corrected chi connectivity index (χ1v) is 8.30. The molecule has 5 nitrogen and oxygen atoms in total. The maximum Gasteiger partial charge on any atom is 0.313 e. The highest BCUT2D eigenvalue weighted by Gasteiger charge is 2.41. The summed E-state index contributed by atoms with van der Waals surface area (Å²) >= 11 is 0. The molecule has 0 spiro atoms. The van der Waals surface area contributed by atoms with Crippen molar-refractivity contribution >= 4 is 11.9 Å². The van der Waals surface area contributed by atoms with Crippen molar-refractivity contribution in [2.45, 2.75) is 64.7 Å². The third kappa shape index (κ3) is 4.08. The number of ether oxygens (including phenoxy) is 1. The molecule has 2 N–H and O–H groups in total. The first-order chi connectivity index (χ1) is 11.1. The smallest absolute Gasteiger partial charge is 0.313 e. The van der Waals surface area contributed by atoms with Gasteiger partial charge in [-0.15, -0.1) is 0 Å². The molecule has 0 atom stereocenters. The van der Waals surface area contributed by atoms with Crippen LogP contribution in [0.15, 0.2) is 18.2 Å². The van der Waals surface area contributed by atoms with Gasteiger partial charge < -0.3 is 14.9 Å². The van der Waals surface area contributed by atoms with Crippen LogP contribution in [0.4, 0.5) is 0 Å². The summed E-state index contributed by atoms with van der Waals surface area (Å²) in [4.78, 5) is 23.5. The molecule has 0 saturated carbocycles. The Kier molecular flexibility index (Phi) is 6.41. The van der Waals surface area contributed by atoms with Gasteiger partial charge >= 0.3 is 11.9 Å². The van der Waals surface area contributed by atoms with Crippen LogP contribution in [0.5, 0.6) is 5.75 Å². The lowest BCUT2D eigenvalue weighted by atomic mass is 9.73. The van der Waals surface area contributed by atoms with Crippen molar-refractivity contribution in [1.29, 1.82) is 0 Å². The van der Waals surface area contributed by atoms with Crippen molar-refractivity contribution in [3.63, 3.8) is 0 Å². The van der Waals surface area contributed by atoms with Crippen molar-refractivity contribution in [3.05, 3.63) is 29.3 Å². The second kappa shape index (κ2) is 7.69. The second-order valence-corrected chi connectivity index (χ2v) is 7.09. The van der Waals surface area contributed by atoms with Gasteiger partial charge in [-0.3, -0.25) is 9.59 Å². The molecule has 0 fully saturated rings. The molecule has 0 radical (unpaired) electrons. The highest BCUT2D eigenvalue weighted by molar-refractivity contribution is 5.86. The van der Waals surface area contributed by atoms with Crippen molar-refractivity contribution in [3.8, 4) is 5.75 Å². The molecular weight excluding hydrogens is 308 g/mol. The zero-order chi connectivity index (χ0) is 18.5. The Labute approximate surface area is 143 Å². The van der Waals surface area contributed by atoms with Gasteiger partial charge in [0.15, 0.2) is 0 Å². The van der Waals surface area contributed by atoms with Gasteiger partial charge in [-0.25, -0.2) is 0 Å². The molecule has 5 heteroatoms. The van der Waals surface area contributed by atoms with E-state index >= 15 is 0 Å². The molecule has 134 valence electrons. The normalized spacial score (nSPS) is 12.0. The second-order valence-electron chi connectivity index (χ2n) is 7.09. The number of rotatable bonds is 9. The molecule has 1 rings (SSSR count). The molecule has 0 saturated heterocycles. The van der Waals surface area contributed by atoms with Crippen LogP contribution >= 0.6 is 0 Å². The Balaban J connectivity index is 3.45. The number of unbranched alkanes of at least 4 members (excludes halogenated alkanes) is 2. The minimum Gasteiger partial charge on any atom is -0.493 e. The molecule has 0 bridgehead atoms. The van der Waals surface area contributed by atoms with Crippen LogP contribution in [0, 0.1) is 0 Å². The highest BCUT2D eigenvalue weighted by Crippen LogP contribution is 2.40. The largest absolute Gasteiger partial charge is 0.493 e. The average molecular weight is 336 g/mol.